The van der Waals surface area contributed by atoms with Gasteiger partial charge in [0.1, 0.15) is 0 Å². The van der Waals surface area contributed by atoms with Crippen LogP contribution in [0.25, 0.3) is 0 Å². The molecule has 1 aromatic carbocycles. The van der Waals surface area contributed by atoms with Crippen LogP contribution in [0.3, 0.4) is 0 Å². The summed E-state index contributed by atoms with van der Waals surface area (Å²) >= 11 is 3.26. The quantitative estimate of drug-likeness (QED) is 0.655. The van der Waals surface area contributed by atoms with Crippen molar-refractivity contribution in [3.63, 3.8) is 0 Å². The molecule has 2 nitrogen and oxygen atoms in total. The van der Waals surface area contributed by atoms with E-state index in [2.05, 4.69) is 21.2 Å². The highest BCUT2D eigenvalue weighted by Crippen LogP contribution is 2.24. The maximum absolute atomic E-state index is 11.9. The SMILES string of the molecule is Nc1ccc(Br)cc1NCCCC(F)(F)F. The first-order chi connectivity index (χ1) is 7.38. The van der Waals surface area contributed by atoms with E-state index >= 15 is 0 Å². The number of alkyl halides is 3. The Kier molecular flexibility index (Phi) is 4.46. The number of hydrogen-bond donors (Lipinski definition) is 2. The van der Waals surface area contributed by atoms with Crippen LogP contribution in [0.15, 0.2) is 22.7 Å². The van der Waals surface area contributed by atoms with Crippen LogP contribution in [0.2, 0.25) is 0 Å². The van der Waals surface area contributed by atoms with Crippen LogP contribution in [0.1, 0.15) is 12.8 Å². The Morgan fingerprint density at radius 3 is 2.62 bits per heavy atom. The van der Waals surface area contributed by atoms with Crippen LogP contribution in [-0.4, -0.2) is 12.7 Å². The molecule has 90 valence electrons. The second-order valence-corrected chi connectivity index (χ2v) is 4.29. The third kappa shape index (κ3) is 4.74. The van der Waals surface area contributed by atoms with Gasteiger partial charge >= 0.3 is 6.18 Å². The van der Waals surface area contributed by atoms with Crippen molar-refractivity contribution in [2.24, 2.45) is 0 Å². The maximum Gasteiger partial charge on any atom is 0.389 e. The summed E-state index contributed by atoms with van der Waals surface area (Å²) in [4.78, 5) is 0. The van der Waals surface area contributed by atoms with Gasteiger partial charge in [0.05, 0.1) is 11.4 Å². The first-order valence-corrected chi connectivity index (χ1v) is 5.53. The van der Waals surface area contributed by atoms with Crippen molar-refractivity contribution in [1.82, 2.24) is 0 Å². The van der Waals surface area contributed by atoms with Gasteiger partial charge in [0.2, 0.25) is 0 Å². The molecule has 0 aromatic heterocycles. The Hall–Kier alpha value is -0.910. The van der Waals surface area contributed by atoms with Crippen LogP contribution >= 0.6 is 15.9 Å². The van der Waals surface area contributed by atoms with Crippen molar-refractivity contribution in [2.45, 2.75) is 19.0 Å². The molecule has 0 saturated heterocycles. The summed E-state index contributed by atoms with van der Waals surface area (Å²) in [6.07, 6.45) is -4.84. The first-order valence-electron chi connectivity index (χ1n) is 4.74. The predicted octanol–water partition coefficient (Wildman–Crippen LogP) is 3.79. The zero-order valence-corrected chi connectivity index (χ0v) is 10.0. The summed E-state index contributed by atoms with van der Waals surface area (Å²) in [5.74, 6) is 0. The van der Waals surface area contributed by atoms with Gasteiger partial charge in [-0.1, -0.05) is 15.9 Å². The summed E-state index contributed by atoms with van der Waals surface area (Å²) in [7, 11) is 0. The summed E-state index contributed by atoms with van der Waals surface area (Å²) in [5.41, 5.74) is 6.82. The molecule has 0 heterocycles. The third-order valence-electron chi connectivity index (χ3n) is 1.97. The van der Waals surface area contributed by atoms with Gasteiger partial charge in [-0.3, -0.25) is 0 Å². The largest absolute Gasteiger partial charge is 0.397 e. The van der Waals surface area contributed by atoms with Crippen molar-refractivity contribution in [1.29, 1.82) is 0 Å². The number of anilines is 2. The summed E-state index contributed by atoms with van der Waals surface area (Å²) in [5, 5.41) is 2.87. The molecule has 16 heavy (non-hydrogen) atoms. The lowest BCUT2D eigenvalue weighted by molar-refractivity contribution is -0.134. The topological polar surface area (TPSA) is 38.0 Å². The van der Waals surface area contributed by atoms with E-state index in [0.717, 1.165) is 4.47 Å². The van der Waals surface area contributed by atoms with Gasteiger partial charge in [-0.25, -0.2) is 0 Å². The Morgan fingerprint density at radius 1 is 1.31 bits per heavy atom. The van der Waals surface area contributed by atoms with Crippen LogP contribution in [-0.2, 0) is 0 Å². The standard InChI is InChI=1S/C10H12BrF3N2/c11-7-2-3-8(15)9(6-7)16-5-1-4-10(12,13)14/h2-3,6,16H,1,4-5,15H2. The normalized spacial score (nSPS) is 11.5. The monoisotopic (exact) mass is 296 g/mol. The molecule has 0 radical (unpaired) electrons. The zero-order chi connectivity index (χ0) is 12.2. The van der Waals surface area contributed by atoms with E-state index in [1.165, 1.54) is 0 Å². The molecule has 0 amide bonds. The molecular weight excluding hydrogens is 285 g/mol. The molecule has 0 aliphatic carbocycles. The Balaban J connectivity index is 2.40. The molecule has 1 rings (SSSR count). The second-order valence-electron chi connectivity index (χ2n) is 3.38. The number of hydrogen-bond acceptors (Lipinski definition) is 2. The second kappa shape index (κ2) is 5.43. The number of benzene rings is 1. The van der Waals surface area contributed by atoms with E-state index in [4.69, 9.17) is 5.73 Å². The van der Waals surface area contributed by atoms with E-state index in [0.29, 0.717) is 11.4 Å². The average Bonchev–Trinajstić information content (AvgIpc) is 2.16. The van der Waals surface area contributed by atoms with Crippen molar-refractivity contribution < 1.29 is 13.2 Å². The van der Waals surface area contributed by atoms with Gasteiger partial charge in [0.15, 0.2) is 0 Å². The van der Waals surface area contributed by atoms with E-state index in [-0.39, 0.29) is 13.0 Å². The van der Waals surface area contributed by atoms with Gasteiger partial charge in [0, 0.05) is 17.4 Å². The maximum atomic E-state index is 11.9. The van der Waals surface area contributed by atoms with Gasteiger partial charge < -0.3 is 11.1 Å². The molecule has 6 heteroatoms. The lowest BCUT2D eigenvalue weighted by Crippen LogP contribution is -2.11. The van der Waals surface area contributed by atoms with E-state index in [9.17, 15) is 13.2 Å². The van der Waals surface area contributed by atoms with Crippen molar-refractivity contribution >= 4 is 27.3 Å². The molecular formula is C10H12BrF3N2. The fourth-order valence-corrected chi connectivity index (χ4v) is 1.55. The fourth-order valence-electron chi connectivity index (χ4n) is 1.19. The molecule has 0 saturated carbocycles. The molecule has 0 unspecified atom stereocenters. The average molecular weight is 297 g/mol. The third-order valence-corrected chi connectivity index (χ3v) is 2.46. The molecule has 3 N–H and O–H groups in total. The zero-order valence-electron chi connectivity index (χ0n) is 8.44. The molecule has 0 bridgehead atoms. The van der Waals surface area contributed by atoms with Crippen LogP contribution in [0.5, 0.6) is 0 Å². The molecule has 0 aliphatic heterocycles. The first kappa shape index (κ1) is 13.2. The number of nitrogens with two attached hydrogens (primary N) is 1. The highest BCUT2D eigenvalue weighted by Gasteiger charge is 2.25. The Labute approximate surface area is 100 Å². The van der Waals surface area contributed by atoms with Crippen molar-refractivity contribution in [2.75, 3.05) is 17.6 Å². The molecule has 0 atom stereocenters. The Bertz CT molecular complexity index is 352. The van der Waals surface area contributed by atoms with Crippen molar-refractivity contribution in [3.05, 3.63) is 22.7 Å². The summed E-state index contributed by atoms with van der Waals surface area (Å²) < 4.78 is 36.4. The summed E-state index contributed by atoms with van der Waals surface area (Å²) in [6.45, 7) is 0.250. The number of nitrogen functional groups attached to an aromatic ring is 1. The number of halogens is 4. The molecule has 0 fully saturated rings. The van der Waals surface area contributed by atoms with E-state index < -0.39 is 12.6 Å². The van der Waals surface area contributed by atoms with Crippen LogP contribution in [0.4, 0.5) is 24.5 Å². The lowest BCUT2D eigenvalue weighted by Gasteiger charge is -2.10. The number of rotatable bonds is 4. The smallest absolute Gasteiger partial charge is 0.389 e. The molecule has 1 aromatic rings. The molecule has 0 aliphatic rings. The van der Waals surface area contributed by atoms with Crippen molar-refractivity contribution in [3.8, 4) is 0 Å². The van der Waals surface area contributed by atoms with E-state index in [1.54, 1.807) is 18.2 Å². The highest BCUT2D eigenvalue weighted by molar-refractivity contribution is 9.10. The summed E-state index contributed by atoms with van der Waals surface area (Å²) in [6, 6.07) is 5.20. The highest BCUT2D eigenvalue weighted by atomic mass is 79.9. The lowest BCUT2D eigenvalue weighted by atomic mass is 10.2. The van der Waals surface area contributed by atoms with Gasteiger partial charge in [-0.2, -0.15) is 13.2 Å². The fraction of sp³-hybridized carbons (Fsp3) is 0.400. The molecule has 0 spiro atoms. The minimum atomic E-state index is -4.09. The van der Waals surface area contributed by atoms with E-state index in [1.807, 2.05) is 0 Å². The predicted molar refractivity (Wildman–Crippen MR) is 62.3 cm³/mol. The minimum Gasteiger partial charge on any atom is -0.397 e. The minimum absolute atomic E-state index is 0.0372. The Morgan fingerprint density at radius 2 is 2.00 bits per heavy atom. The number of nitrogens with one attached hydrogen (secondary N) is 1. The van der Waals surface area contributed by atoms with Gasteiger partial charge in [0.25, 0.3) is 0 Å². The van der Waals surface area contributed by atoms with Crippen LogP contribution in [0, 0.1) is 0 Å². The van der Waals surface area contributed by atoms with Gasteiger partial charge in [-0.15, -0.1) is 0 Å². The van der Waals surface area contributed by atoms with Gasteiger partial charge in [-0.05, 0) is 24.6 Å². The van der Waals surface area contributed by atoms with Crippen LogP contribution < -0.4 is 11.1 Å².